The number of aromatic nitrogens is 1. The number of hydrogen-bond acceptors (Lipinski definition) is 5. The van der Waals surface area contributed by atoms with Crippen molar-refractivity contribution in [3.8, 4) is 5.75 Å². The van der Waals surface area contributed by atoms with Gasteiger partial charge in [0, 0.05) is 12.7 Å². The maximum Gasteiger partial charge on any atom is 0.236 e. The van der Waals surface area contributed by atoms with Crippen molar-refractivity contribution in [2.24, 2.45) is 0 Å². The summed E-state index contributed by atoms with van der Waals surface area (Å²) in [5.74, 6) is 1.42. The van der Waals surface area contributed by atoms with Crippen LogP contribution >= 0.6 is 23.1 Å². The molecule has 4 rings (SSSR count). The number of thioether (sulfide) groups is 1. The maximum atomic E-state index is 12.6. The second kappa shape index (κ2) is 7.68. The normalized spacial score (nSPS) is 16.3. The van der Waals surface area contributed by atoms with Gasteiger partial charge in [0.2, 0.25) is 5.91 Å². The second-order valence-corrected chi connectivity index (χ2v) is 8.40. The number of amides is 1. The molecule has 0 fully saturated rings. The SMILES string of the molecule is CCOc1ccc2nc(SCC(=O)N3C=C4CC=CC=C4CC3)sc2c1. The molecule has 26 heavy (non-hydrogen) atoms. The fourth-order valence-corrected chi connectivity index (χ4v) is 5.08. The molecular formula is C20H20N2O2S2. The molecule has 1 amide bonds. The molecule has 1 aliphatic carbocycles. The number of allylic oxidation sites excluding steroid dienone is 4. The Bertz CT molecular complexity index is 927. The van der Waals surface area contributed by atoms with Gasteiger partial charge in [-0.15, -0.1) is 11.3 Å². The van der Waals surface area contributed by atoms with Crippen LogP contribution in [0.2, 0.25) is 0 Å². The van der Waals surface area contributed by atoms with Crippen molar-refractivity contribution in [1.82, 2.24) is 9.88 Å². The molecule has 2 aromatic rings. The van der Waals surface area contributed by atoms with Crippen molar-refractivity contribution in [1.29, 1.82) is 0 Å². The number of ether oxygens (including phenoxy) is 1. The Kier molecular flexibility index (Phi) is 5.13. The number of carbonyl (C=O) groups is 1. The summed E-state index contributed by atoms with van der Waals surface area (Å²) in [6.07, 6.45) is 10.3. The van der Waals surface area contributed by atoms with Gasteiger partial charge in [0.15, 0.2) is 4.34 Å². The summed E-state index contributed by atoms with van der Waals surface area (Å²) >= 11 is 3.13. The van der Waals surface area contributed by atoms with E-state index in [0.29, 0.717) is 12.4 Å². The van der Waals surface area contributed by atoms with Crippen molar-refractivity contribution in [2.45, 2.75) is 24.1 Å². The van der Waals surface area contributed by atoms with Crippen molar-refractivity contribution >= 4 is 39.2 Å². The Hall–Kier alpha value is -2.05. The monoisotopic (exact) mass is 384 g/mol. The topological polar surface area (TPSA) is 42.4 Å². The van der Waals surface area contributed by atoms with Crippen LogP contribution in [0.1, 0.15) is 19.8 Å². The van der Waals surface area contributed by atoms with E-state index < -0.39 is 0 Å². The molecule has 4 nitrogen and oxygen atoms in total. The predicted octanol–water partition coefficient (Wildman–Crippen LogP) is 4.79. The van der Waals surface area contributed by atoms with Gasteiger partial charge in [-0.3, -0.25) is 4.79 Å². The molecule has 1 aliphatic heterocycles. The van der Waals surface area contributed by atoms with Crippen molar-refractivity contribution in [3.05, 3.63) is 53.8 Å². The van der Waals surface area contributed by atoms with E-state index in [2.05, 4.69) is 23.2 Å². The minimum Gasteiger partial charge on any atom is -0.494 e. The summed E-state index contributed by atoms with van der Waals surface area (Å²) in [6.45, 7) is 3.39. The summed E-state index contributed by atoms with van der Waals surface area (Å²) in [7, 11) is 0. The number of thiazole rings is 1. The van der Waals surface area contributed by atoms with E-state index in [0.717, 1.165) is 39.7 Å². The second-order valence-electron chi connectivity index (χ2n) is 6.15. The Labute approximate surface area is 161 Å². The lowest BCUT2D eigenvalue weighted by Crippen LogP contribution is -2.32. The van der Waals surface area contributed by atoms with Crippen LogP contribution < -0.4 is 4.74 Å². The molecule has 2 heterocycles. The number of rotatable bonds is 5. The standard InChI is InChI=1S/C20H20N2O2S2/c1-2-24-16-7-8-17-18(11-16)26-20(21-17)25-13-19(23)22-10-9-14-5-3-4-6-15(14)12-22/h3-5,7-8,11-12H,2,6,9-10,13H2,1H3. The third-order valence-corrected chi connectivity index (χ3v) is 6.55. The zero-order valence-corrected chi connectivity index (χ0v) is 16.2. The first-order chi connectivity index (χ1) is 12.7. The van der Waals surface area contributed by atoms with Gasteiger partial charge in [0.1, 0.15) is 5.75 Å². The minimum absolute atomic E-state index is 0.144. The molecule has 1 aromatic carbocycles. The molecule has 0 N–H and O–H groups in total. The quantitative estimate of drug-likeness (QED) is 0.695. The van der Waals surface area contributed by atoms with E-state index in [4.69, 9.17) is 4.74 Å². The highest BCUT2D eigenvalue weighted by molar-refractivity contribution is 8.01. The highest BCUT2D eigenvalue weighted by atomic mass is 32.2. The summed E-state index contributed by atoms with van der Waals surface area (Å²) in [6, 6.07) is 5.93. The summed E-state index contributed by atoms with van der Waals surface area (Å²) in [4.78, 5) is 19.1. The summed E-state index contributed by atoms with van der Waals surface area (Å²) in [5.41, 5.74) is 3.58. The third kappa shape index (κ3) is 3.71. The predicted molar refractivity (Wildman–Crippen MR) is 108 cm³/mol. The average molecular weight is 385 g/mol. The van der Waals surface area contributed by atoms with E-state index >= 15 is 0 Å². The van der Waals surface area contributed by atoms with Gasteiger partial charge in [-0.25, -0.2) is 4.98 Å². The van der Waals surface area contributed by atoms with Crippen LogP contribution in [0.4, 0.5) is 0 Å². The van der Waals surface area contributed by atoms with Gasteiger partial charge < -0.3 is 9.64 Å². The molecule has 6 heteroatoms. The van der Waals surface area contributed by atoms with E-state index in [9.17, 15) is 4.79 Å². The van der Waals surface area contributed by atoms with E-state index in [-0.39, 0.29) is 5.91 Å². The van der Waals surface area contributed by atoms with Crippen molar-refractivity contribution in [2.75, 3.05) is 18.9 Å². The van der Waals surface area contributed by atoms with Gasteiger partial charge in [0.05, 0.1) is 22.6 Å². The minimum atomic E-state index is 0.144. The Morgan fingerprint density at radius 2 is 2.31 bits per heavy atom. The molecule has 0 saturated carbocycles. The zero-order valence-electron chi connectivity index (χ0n) is 14.6. The highest BCUT2D eigenvalue weighted by Crippen LogP contribution is 2.33. The number of carbonyl (C=O) groups excluding carboxylic acids is 1. The van der Waals surface area contributed by atoms with E-state index in [1.807, 2.05) is 36.2 Å². The smallest absolute Gasteiger partial charge is 0.236 e. The number of nitrogens with zero attached hydrogens (tertiary/aromatic N) is 2. The molecule has 0 radical (unpaired) electrons. The van der Waals surface area contributed by atoms with Crippen LogP contribution in [0.3, 0.4) is 0 Å². The van der Waals surface area contributed by atoms with Gasteiger partial charge in [-0.1, -0.05) is 30.0 Å². The molecule has 1 aromatic heterocycles. The lowest BCUT2D eigenvalue weighted by atomic mass is 9.94. The summed E-state index contributed by atoms with van der Waals surface area (Å²) in [5, 5.41) is 0. The average Bonchev–Trinajstić information content (AvgIpc) is 3.08. The number of hydrogen-bond donors (Lipinski definition) is 0. The first-order valence-corrected chi connectivity index (χ1v) is 10.6. The Morgan fingerprint density at radius 1 is 1.38 bits per heavy atom. The fraction of sp³-hybridized carbons (Fsp3) is 0.300. The zero-order chi connectivity index (χ0) is 17.9. The lowest BCUT2D eigenvalue weighted by molar-refractivity contribution is -0.126. The van der Waals surface area contributed by atoms with Crippen LogP contribution in [0.25, 0.3) is 10.2 Å². The van der Waals surface area contributed by atoms with E-state index in [1.54, 1.807) is 11.3 Å². The molecular weight excluding hydrogens is 364 g/mol. The fourth-order valence-electron chi connectivity index (χ4n) is 3.10. The molecule has 0 saturated heterocycles. The lowest BCUT2D eigenvalue weighted by Gasteiger charge is -2.27. The Morgan fingerprint density at radius 3 is 3.19 bits per heavy atom. The van der Waals surface area contributed by atoms with Gasteiger partial charge in [0.25, 0.3) is 0 Å². The first kappa shape index (κ1) is 17.4. The highest BCUT2D eigenvalue weighted by Gasteiger charge is 2.20. The Balaban J connectivity index is 1.41. The van der Waals surface area contributed by atoms with Crippen LogP contribution in [0.5, 0.6) is 5.75 Å². The molecule has 0 spiro atoms. The van der Waals surface area contributed by atoms with Crippen LogP contribution in [-0.2, 0) is 4.79 Å². The van der Waals surface area contributed by atoms with Crippen LogP contribution in [0.15, 0.2) is 58.1 Å². The van der Waals surface area contributed by atoms with Gasteiger partial charge >= 0.3 is 0 Å². The summed E-state index contributed by atoms with van der Waals surface area (Å²) < 4.78 is 7.56. The van der Waals surface area contributed by atoms with Crippen molar-refractivity contribution in [3.63, 3.8) is 0 Å². The van der Waals surface area contributed by atoms with Gasteiger partial charge in [-0.05, 0) is 49.1 Å². The molecule has 0 atom stereocenters. The largest absolute Gasteiger partial charge is 0.494 e. The van der Waals surface area contributed by atoms with Crippen LogP contribution in [-0.4, -0.2) is 34.7 Å². The third-order valence-electron chi connectivity index (χ3n) is 4.41. The molecule has 2 aliphatic rings. The van der Waals surface area contributed by atoms with Crippen LogP contribution in [0, 0.1) is 0 Å². The van der Waals surface area contributed by atoms with E-state index in [1.165, 1.54) is 22.9 Å². The number of fused-ring (bicyclic) bond motifs is 2. The molecule has 134 valence electrons. The number of benzene rings is 1. The van der Waals surface area contributed by atoms with Gasteiger partial charge in [-0.2, -0.15) is 0 Å². The molecule has 0 bridgehead atoms. The first-order valence-electron chi connectivity index (χ1n) is 8.75. The van der Waals surface area contributed by atoms with Crippen molar-refractivity contribution < 1.29 is 9.53 Å². The maximum absolute atomic E-state index is 12.6. The molecule has 0 unspecified atom stereocenters.